The third-order valence-electron chi connectivity index (χ3n) is 4.86. The second-order valence-corrected chi connectivity index (χ2v) is 6.91. The quantitative estimate of drug-likeness (QED) is 0.614. The van der Waals surface area contributed by atoms with Crippen molar-refractivity contribution in [3.05, 3.63) is 59.7 Å². The maximum atomic E-state index is 12.6. The standard InChI is InChI=1S/C22H25N3O5/c1-29-18-9-8-16(12-19(18)30-2)14-25-21(27)17(24-22(25)28)13-20(26)23-11-10-15-6-4-3-5-7-15/h3-9,12,17H,10-11,13-14H2,1-2H3,(H,23,26)(H,24,28). The lowest BCUT2D eigenvalue weighted by molar-refractivity contribution is -0.131. The van der Waals surface area contributed by atoms with Gasteiger partial charge in [-0.15, -0.1) is 0 Å². The van der Waals surface area contributed by atoms with Gasteiger partial charge in [-0.25, -0.2) is 4.79 Å². The molecule has 2 N–H and O–H groups in total. The number of rotatable bonds is 9. The molecule has 158 valence electrons. The van der Waals surface area contributed by atoms with Gasteiger partial charge in [-0.05, 0) is 29.7 Å². The molecule has 2 aromatic carbocycles. The Morgan fingerprint density at radius 2 is 1.77 bits per heavy atom. The van der Waals surface area contributed by atoms with Crippen molar-refractivity contribution in [2.45, 2.75) is 25.4 Å². The molecule has 1 saturated heterocycles. The molecule has 8 heteroatoms. The van der Waals surface area contributed by atoms with Crippen LogP contribution < -0.4 is 20.1 Å². The number of urea groups is 1. The van der Waals surface area contributed by atoms with Gasteiger partial charge in [0.25, 0.3) is 5.91 Å². The molecule has 2 aromatic rings. The number of imide groups is 1. The first-order valence-corrected chi connectivity index (χ1v) is 9.65. The highest BCUT2D eigenvalue weighted by molar-refractivity contribution is 6.05. The number of hydrogen-bond acceptors (Lipinski definition) is 5. The minimum Gasteiger partial charge on any atom is -0.493 e. The van der Waals surface area contributed by atoms with E-state index in [1.165, 1.54) is 14.2 Å². The van der Waals surface area contributed by atoms with Crippen LogP contribution in [0.25, 0.3) is 0 Å². The van der Waals surface area contributed by atoms with Crippen molar-refractivity contribution in [3.8, 4) is 11.5 Å². The van der Waals surface area contributed by atoms with Gasteiger partial charge in [-0.3, -0.25) is 14.5 Å². The normalized spacial score (nSPS) is 15.7. The van der Waals surface area contributed by atoms with Crippen LogP contribution in [0.2, 0.25) is 0 Å². The van der Waals surface area contributed by atoms with Gasteiger partial charge in [-0.1, -0.05) is 36.4 Å². The number of amides is 4. The van der Waals surface area contributed by atoms with E-state index in [0.29, 0.717) is 30.0 Å². The molecule has 1 atom stereocenters. The largest absolute Gasteiger partial charge is 0.493 e. The van der Waals surface area contributed by atoms with Crippen molar-refractivity contribution in [3.63, 3.8) is 0 Å². The molecule has 1 unspecified atom stereocenters. The van der Waals surface area contributed by atoms with Gasteiger partial charge in [-0.2, -0.15) is 0 Å². The van der Waals surface area contributed by atoms with Crippen LogP contribution in [0.4, 0.5) is 4.79 Å². The number of hydrogen-bond donors (Lipinski definition) is 2. The summed E-state index contributed by atoms with van der Waals surface area (Å²) in [5.41, 5.74) is 1.83. The highest BCUT2D eigenvalue weighted by atomic mass is 16.5. The molecule has 1 aliphatic heterocycles. The Bertz CT molecular complexity index is 916. The van der Waals surface area contributed by atoms with Crippen LogP contribution in [0, 0.1) is 0 Å². The summed E-state index contributed by atoms with van der Waals surface area (Å²) >= 11 is 0. The third-order valence-corrected chi connectivity index (χ3v) is 4.86. The van der Waals surface area contributed by atoms with E-state index in [1.807, 2.05) is 30.3 Å². The molecule has 0 saturated carbocycles. The molecule has 4 amide bonds. The molecular formula is C22H25N3O5. The average molecular weight is 411 g/mol. The Morgan fingerprint density at radius 3 is 2.47 bits per heavy atom. The summed E-state index contributed by atoms with van der Waals surface area (Å²) in [5.74, 6) is 0.366. The summed E-state index contributed by atoms with van der Waals surface area (Å²) < 4.78 is 10.5. The zero-order valence-electron chi connectivity index (χ0n) is 17.0. The van der Waals surface area contributed by atoms with Crippen LogP contribution in [0.5, 0.6) is 11.5 Å². The molecule has 0 aliphatic carbocycles. The lowest BCUT2D eigenvalue weighted by Crippen LogP contribution is -2.37. The number of benzene rings is 2. The van der Waals surface area contributed by atoms with Crippen molar-refractivity contribution >= 4 is 17.8 Å². The molecule has 30 heavy (non-hydrogen) atoms. The molecule has 0 radical (unpaired) electrons. The second kappa shape index (κ2) is 9.78. The lowest BCUT2D eigenvalue weighted by atomic mass is 10.1. The first-order chi connectivity index (χ1) is 14.5. The van der Waals surface area contributed by atoms with Gasteiger partial charge < -0.3 is 20.1 Å². The van der Waals surface area contributed by atoms with E-state index in [1.54, 1.807) is 18.2 Å². The summed E-state index contributed by atoms with van der Waals surface area (Å²) in [6, 6.07) is 13.6. The topological polar surface area (TPSA) is 97.0 Å². The smallest absolute Gasteiger partial charge is 0.325 e. The number of carbonyl (C=O) groups is 3. The predicted molar refractivity (Wildman–Crippen MR) is 110 cm³/mol. The molecule has 0 bridgehead atoms. The lowest BCUT2D eigenvalue weighted by Gasteiger charge is -2.15. The summed E-state index contributed by atoms with van der Waals surface area (Å²) in [7, 11) is 3.05. The Balaban J connectivity index is 1.53. The average Bonchev–Trinajstić information content (AvgIpc) is 3.01. The number of nitrogens with zero attached hydrogens (tertiary/aromatic N) is 1. The second-order valence-electron chi connectivity index (χ2n) is 6.91. The van der Waals surface area contributed by atoms with E-state index in [-0.39, 0.29) is 18.9 Å². The van der Waals surface area contributed by atoms with E-state index >= 15 is 0 Å². The van der Waals surface area contributed by atoms with Crippen LogP contribution in [0.15, 0.2) is 48.5 Å². The van der Waals surface area contributed by atoms with Crippen molar-refractivity contribution in [2.24, 2.45) is 0 Å². The van der Waals surface area contributed by atoms with Gasteiger partial charge >= 0.3 is 6.03 Å². The Kier molecular flexibility index (Phi) is 6.90. The molecule has 8 nitrogen and oxygen atoms in total. The van der Waals surface area contributed by atoms with Gasteiger partial charge in [0.1, 0.15) is 6.04 Å². The summed E-state index contributed by atoms with van der Waals surface area (Å²) in [5, 5.41) is 5.38. The van der Waals surface area contributed by atoms with Crippen LogP contribution in [0.3, 0.4) is 0 Å². The van der Waals surface area contributed by atoms with Crippen LogP contribution in [-0.4, -0.2) is 49.6 Å². The fraction of sp³-hybridized carbons (Fsp3) is 0.318. The molecule has 1 aliphatic rings. The predicted octanol–water partition coefficient (Wildman–Crippen LogP) is 1.87. The monoisotopic (exact) mass is 411 g/mol. The molecule has 0 aromatic heterocycles. The van der Waals surface area contributed by atoms with Gasteiger partial charge in [0.05, 0.1) is 27.2 Å². The highest BCUT2D eigenvalue weighted by Crippen LogP contribution is 2.28. The minimum absolute atomic E-state index is 0.0805. The van der Waals surface area contributed by atoms with Crippen molar-refractivity contribution in [1.82, 2.24) is 15.5 Å². The van der Waals surface area contributed by atoms with E-state index in [4.69, 9.17) is 9.47 Å². The Hall–Kier alpha value is -3.55. The summed E-state index contributed by atoms with van der Waals surface area (Å²) in [4.78, 5) is 38.2. The maximum absolute atomic E-state index is 12.6. The minimum atomic E-state index is -0.866. The highest BCUT2D eigenvalue weighted by Gasteiger charge is 2.39. The van der Waals surface area contributed by atoms with E-state index in [0.717, 1.165) is 10.5 Å². The van der Waals surface area contributed by atoms with Crippen LogP contribution in [0.1, 0.15) is 17.5 Å². The zero-order valence-corrected chi connectivity index (χ0v) is 17.0. The first kappa shape index (κ1) is 21.2. The third kappa shape index (κ3) is 5.08. The Morgan fingerprint density at radius 1 is 1.03 bits per heavy atom. The van der Waals surface area contributed by atoms with Crippen molar-refractivity contribution in [1.29, 1.82) is 0 Å². The fourth-order valence-electron chi connectivity index (χ4n) is 3.28. The molecular weight excluding hydrogens is 386 g/mol. The molecule has 1 heterocycles. The molecule has 1 fully saturated rings. The van der Waals surface area contributed by atoms with E-state index < -0.39 is 18.0 Å². The van der Waals surface area contributed by atoms with Crippen molar-refractivity contribution in [2.75, 3.05) is 20.8 Å². The fourth-order valence-corrected chi connectivity index (χ4v) is 3.28. The summed E-state index contributed by atoms with van der Waals surface area (Å²) in [6.07, 6.45) is 0.602. The van der Waals surface area contributed by atoms with Crippen LogP contribution in [-0.2, 0) is 22.6 Å². The van der Waals surface area contributed by atoms with Gasteiger partial charge in [0, 0.05) is 6.54 Å². The van der Waals surface area contributed by atoms with Crippen LogP contribution >= 0.6 is 0 Å². The van der Waals surface area contributed by atoms with E-state index in [9.17, 15) is 14.4 Å². The summed E-state index contributed by atoms with van der Waals surface area (Å²) in [6.45, 7) is 0.546. The Labute approximate surface area is 175 Å². The first-order valence-electron chi connectivity index (χ1n) is 9.65. The molecule has 0 spiro atoms. The van der Waals surface area contributed by atoms with Gasteiger partial charge in [0.15, 0.2) is 11.5 Å². The number of carbonyl (C=O) groups excluding carboxylic acids is 3. The SMILES string of the molecule is COc1ccc(CN2C(=O)NC(CC(=O)NCCc3ccccc3)C2=O)cc1OC. The number of nitrogens with one attached hydrogen (secondary N) is 2. The van der Waals surface area contributed by atoms with Gasteiger partial charge in [0.2, 0.25) is 5.91 Å². The number of ether oxygens (including phenoxy) is 2. The molecule has 3 rings (SSSR count). The van der Waals surface area contributed by atoms with Crippen molar-refractivity contribution < 1.29 is 23.9 Å². The number of methoxy groups -OCH3 is 2. The van der Waals surface area contributed by atoms with E-state index in [2.05, 4.69) is 10.6 Å². The maximum Gasteiger partial charge on any atom is 0.325 e. The zero-order chi connectivity index (χ0) is 21.5.